The molecule has 0 radical (unpaired) electrons. The fraction of sp³-hybridized carbons (Fsp3) is 0.118. The van der Waals surface area contributed by atoms with Gasteiger partial charge in [-0.2, -0.15) is 0 Å². The summed E-state index contributed by atoms with van der Waals surface area (Å²) in [6.45, 7) is 0.739. The third kappa shape index (κ3) is 2.74. The number of anilines is 1. The van der Waals surface area contributed by atoms with E-state index in [1.165, 1.54) is 10.9 Å². The van der Waals surface area contributed by atoms with Crippen LogP contribution in [0.15, 0.2) is 54.7 Å². The van der Waals surface area contributed by atoms with Gasteiger partial charge >= 0.3 is 0 Å². The molecule has 4 heteroatoms. The number of hydrogen-bond acceptors (Lipinski definition) is 2. The maximum atomic E-state index is 11.5. The molecule has 3 N–H and O–H groups in total. The molecule has 3 rings (SSSR count). The molecule has 0 atom stereocenters. The molecule has 1 heterocycles. The van der Waals surface area contributed by atoms with Crippen LogP contribution in [0.3, 0.4) is 0 Å². The second kappa shape index (κ2) is 5.71. The summed E-state index contributed by atoms with van der Waals surface area (Å²) in [4.78, 5) is 14.7. The minimum atomic E-state index is -0.0711. The predicted octanol–water partition coefficient (Wildman–Crippen LogP) is 3.14. The van der Waals surface area contributed by atoms with Gasteiger partial charge in [-0.1, -0.05) is 18.2 Å². The lowest BCUT2D eigenvalue weighted by Crippen LogP contribution is -2.17. The normalized spacial score (nSPS) is 10.5. The van der Waals surface area contributed by atoms with Crippen molar-refractivity contribution in [1.82, 2.24) is 10.3 Å². The number of para-hydroxylation sites is 1. The van der Waals surface area contributed by atoms with Crippen LogP contribution < -0.4 is 10.6 Å². The molecule has 3 aromatic rings. The average Bonchev–Trinajstić information content (AvgIpc) is 2.96. The highest BCUT2D eigenvalue weighted by molar-refractivity contribution is 5.94. The fourth-order valence-electron chi connectivity index (χ4n) is 2.36. The van der Waals surface area contributed by atoms with Gasteiger partial charge in [-0.15, -0.1) is 0 Å². The highest BCUT2D eigenvalue weighted by Gasteiger charge is 2.04. The second-order valence-corrected chi connectivity index (χ2v) is 4.87. The van der Waals surface area contributed by atoms with Crippen molar-refractivity contribution < 1.29 is 4.79 Å². The number of hydrogen-bond donors (Lipinski definition) is 3. The van der Waals surface area contributed by atoms with Gasteiger partial charge in [-0.25, -0.2) is 0 Å². The topological polar surface area (TPSA) is 56.9 Å². The lowest BCUT2D eigenvalue weighted by Gasteiger charge is -2.07. The van der Waals surface area contributed by atoms with Crippen molar-refractivity contribution in [2.24, 2.45) is 0 Å². The molecule has 0 unspecified atom stereocenters. The third-order valence-corrected chi connectivity index (χ3v) is 3.53. The van der Waals surface area contributed by atoms with E-state index >= 15 is 0 Å². The molecule has 1 amide bonds. The zero-order chi connectivity index (χ0) is 14.7. The van der Waals surface area contributed by atoms with E-state index in [4.69, 9.17) is 0 Å². The molecule has 1 aromatic heterocycles. The molecule has 21 heavy (non-hydrogen) atoms. The molecular weight excluding hydrogens is 262 g/mol. The number of aromatic amines is 1. The zero-order valence-corrected chi connectivity index (χ0v) is 11.8. The SMILES string of the molecule is CNC(=O)c1ccc(NCc2c[nH]c3ccccc23)cc1. The standard InChI is InChI=1S/C17H17N3O/c1-18-17(21)12-6-8-14(9-7-12)19-10-13-11-20-16-5-3-2-4-15(13)16/h2-9,11,19-20H,10H2,1H3,(H,18,21). The van der Waals surface area contributed by atoms with Crippen LogP contribution >= 0.6 is 0 Å². The van der Waals surface area contributed by atoms with Crippen molar-refractivity contribution in [3.05, 3.63) is 65.9 Å². The number of aromatic nitrogens is 1. The number of rotatable bonds is 4. The van der Waals surface area contributed by atoms with Gasteiger partial charge in [-0.3, -0.25) is 4.79 Å². The van der Waals surface area contributed by atoms with Crippen LogP contribution in [0.1, 0.15) is 15.9 Å². The Labute approximate surface area is 123 Å². The van der Waals surface area contributed by atoms with Crippen LogP contribution in [0, 0.1) is 0 Å². The van der Waals surface area contributed by atoms with Gasteiger partial charge in [-0.05, 0) is 35.9 Å². The van der Waals surface area contributed by atoms with Gasteiger partial charge < -0.3 is 15.6 Å². The van der Waals surface area contributed by atoms with Crippen LogP contribution in [-0.2, 0) is 6.54 Å². The van der Waals surface area contributed by atoms with Crippen molar-refractivity contribution in [3.8, 4) is 0 Å². The van der Waals surface area contributed by atoms with Gasteiger partial charge in [0.2, 0.25) is 0 Å². The Morgan fingerprint density at radius 3 is 2.62 bits per heavy atom. The summed E-state index contributed by atoms with van der Waals surface area (Å²) in [7, 11) is 1.63. The third-order valence-electron chi connectivity index (χ3n) is 3.53. The first kappa shape index (κ1) is 13.2. The minimum absolute atomic E-state index is 0.0711. The van der Waals surface area contributed by atoms with E-state index in [2.05, 4.69) is 27.8 Å². The van der Waals surface area contributed by atoms with E-state index in [-0.39, 0.29) is 5.91 Å². The van der Waals surface area contributed by atoms with Gasteiger partial charge in [0.25, 0.3) is 5.91 Å². The molecule has 0 saturated heterocycles. The van der Waals surface area contributed by atoms with E-state index in [1.54, 1.807) is 7.05 Å². The number of H-pyrrole nitrogens is 1. The van der Waals surface area contributed by atoms with Crippen LogP contribution in [0.4, 0.5) is 5.69 Å². The summed E-state index contributed by atoms with van der Waals surface area (Å²) in [5.41, 5.74) is 4.02. The molecule has 2 aromatic carbocycles. The van der Waals surface area contributed by atoms with Gasteiger partial charge in [0, 0.05) is 41.9 Å². The summed E-state index contributed by atoms with van der Waals surface area (Å²) >= 11 is 0. The van der Waals surface area contributed by atoms with Gasteiger partial charge in [0.05, 0.1) is 0 Å². The Kier molecular flexibility index (Phi) is 3.60. The summed E-state index contributed by atoms with van der Waals surface area (Å²) in [6, 6.07) is 15.7. The molecule has 0 fully saturated rings. The molecule has 0 saturated carbocycles. The van der Waals surface area contributed by atoms with E-state index in [0.29, 0.717) is 5.56 Å². The van der Waals surface area contributed by atoms with Gasteiger partial charge in [0.1, 0.15) is 0 Å². The quantitative estimate of drug-likeness (QED) is 0.687. The van der Waals surface area contributed by atoms with Crippen molar-refractivity contribution in [2.75, 3.05) is 12.4 Å². The van der Waals surface area contributed by atoms with Gasteiger partial charge in [0.15, 0.2) is 0 Å². The van der Waals surface area contributed by atoms with Crippen molar-refractivity contribution in [2.45, 2.75) is 6.54 Å². The Bertz CT molecular complexity index is 759. The summed E-state index contributed by atoms with van der Waals surface area (Å²) in [6.07, 6.45) is 2.02. The molecule has 0 aliphatic rings. The van der Waals surface area contributed by atoms with Crippen LogP contribution in [0.25, 0.3) is 10.9 Å². The molecule has 0 spiro atoms. The maximum Gasteiger partial charge on any atom is 0.251 e. The van der Waals surface area contributed by atoms with E-state index in [9.17, 15) is 4.79 Å². The van der Waals surface area contributed by atoms with Crippen LogP contribution in [0.2, 0.25) is 0 Å². The molecule has 0 aliphatic carbocycles. The van der Waals surface area contributed by atoms with E-state index in [1.807, 2.05) is 42.6 Å². The van der Waals surface area contributed by atoms with E-state index < -0.39 is 0 Å². The smallest absolute Gasteiger partial charge is 0.251 e. The fourth-order valence-corrected chi connectivity index (χ4v) is 2.36. The highest BCUT2D eigenvalue weighted by Crippen LogP contribution is 2.19. The number of nitrogens with one attached hydrogen (secondary N) is 3. The predicted molar refractivity (Wildman–Crippen MR) is 85.5 cm³/mol. The molecule has 4 nitrogen and oxygen atoms in total. The average molecular weight is 279 g/mol. The maximum absolute atomic E-state index is 11.5. The van der Waals surface area contributed by atoms with Crippen molar-refractivity contribution in [3.63, 3.8) is 0 Å². The second-order valence-electron chi connectivity index (χ2n) is 4.87. The van der Waals surface area contributed by atoms with Crippen molar-refractivity contribution >= 4 is 22.5 Å². The molecule has 0 aliphatic heterocycles. The minimum Gasteiger partial charge on any atom is -0.381 e. The first-order valence-corrected chi connectivity index (χ1v) is 6.89. The molecule has 106 valence electrons. The largest absolute Gasteiger partial charge is 0.381 e. The Hall–Kier alpha value is -2.75. The first-order chi connectivity index (χ1) is 10.3. The number of fused-ring (bicyclic) bond motifs is 1. The Morgan fingerprint density at radius 1 is 1.10 bits per heavy atom. The van der Waals surface area contributed by atoms with Crippen molar-refractivity contribution in [1.29, 1.82) is 0 Å². The zero-order valence-electron chi connectivity index (χ0n) is 11.8. The first-order valence-electron chi connectivity index (χ1n) is 6.89. The monoisotopic (exact) mass is 279 g/mol. The lowest BCUT2D eigenvalue weighted by molar-refractivity contribution is 0.0963. The number of carbonyl (C=O) groups is 1. The Balaban J connectivity index is 1.71. The number of benzene rings is 2. The number of carbonyl (C=O) groups excluding carboxylic acids is 1. The Morgan fingerprint density at radius 2 is 1.86 bits per heavy atom. The van der Waals surface area contributed by atoms with E-state index in [0.717, 1.165) is 17.7 Å². The summed E-state index contributed by atoms with van der Waals surface area (Å²) in [5, 5.41) is 7.21. The lowest BCUT2D eigenvalue weighted by atomic mass is 10.1. The van der Waals surface area contributed by atoms with Crippen LogP contribution in [0.5, 0.6) is 0 Å². The summed E-state index contributed by atoms with van der Waals surface area (Å²) in [5.74, 6) is -0.0711. The number of amides is 1. The molecule has 0 bridgehead atoms. The van der Waals surface area contributed by atoms with Crippen LogP contribution in [-0.4, -0.2) is 17.9 Å². The highest BCUT2D eigenvalue weighted by atomic mass is 16.1. The molecular formula is C17H17N3O. The summed E-state index contributed by atoms with van der Waals surface area (Å²) < 4.78 is 0.